The molecular formula is C20H24N4O2S. The van der Waals surface area contributed by atoms with Crippen molar-refractivity contribution in [1.82, 2.24) is 20.1 Å². The fourth-order valence-corrected chi connectivity index (χ4v) is 3.58. The second-order valence-electron chi connectivity index (χ2n) is 6.79. The van der Waals surface area contributed by atoms with Crippen molar-refractivity contribution in [1.29, 1.82) is 0 Å². The second-order valence-corrected chi connectivity index (χ2v) is 7.73. The molecular weight excluding hydrogens is 360 g/mol. The molecule has 27 heavy (non-hydrogen) atoms. The summed E-state index contributed by atoms with van der Waals surface area (Å²) in [5.41, 5.74) is 1.13. The van der Waals surface area contributed by atoms with Gasteiger partial charge in [-0.3, -0.25) is 4.79 Å². The maximum absolute atomic E-state index is 12.5. The van der Waals surface area contributed by atoms with Gasteiger partial charge in [0.1, 0.15) is 0 Å². The summed E-state index contributed by atoms with van der Waals surface area (Å²) in [6.45, 7) is 4.32. The minimum Gasteiger partial charge on any atom is -0.461 e. The lowest BCUT2D eigenvalue weighted by atomic mass is 9.97. The first-order valence-corrected chi connectivity index (χ1v) is 9.93. The molecule has 1 amide bonds. The number of nitrogens with one attached hydrogen (secondary N) is 1. The van der Waals surface area contributed by atoms with Crippen LogP contribution in [0.1, 0.15) is 31.9 Å². The number of carbonyl (C=O) groups excluding carboxylic acids is 1. The van der Waals surface area contributed by atoms with Crippen LogP contribution in [0.15, 0.2) is 58.3 Å². The number of hydrogen-bond donors (Lipinski definition) is 1. The third kappa shape index (κ3) is 5.01. The van der Waals surface area contributed by atoms with E-state index in [9.17, 15) is 4.79 Å². The fraction of sp³-hybridized carbons (Fsp3) is 0.350. The summed E-state index contributed by atoms with van der Waals surface area (Å²) >= 11 is 1.36. The molecule has 0 radical (unpaired) electrons. The SMILES string of the molecule is CC(C)C[C@H](NC(=O)CSc1nnc(-c2ccco2)n1C)c1ccccc1. The first kappa shape index (κ1) is 19.2. The quantitative estimate of drug-likeness (QED) is 0.593. The number of aromatic nitrogens is 3. The summed E-state index contributed by atoms with van der Waals surface area (Å²) in [5, 5.41) is 12.1. The summed E-state index contributed by atoms with van der Waals surface area (Å²) in [4.78, 5) is 12.5. The van der Waals surface area contributed by atoms with Crippen LogP contribution < -0.4 is 5.32 Å². The molecule has 2 aromatic heterocycles. The average Bonchev–Trinajstić information content (AvgIpc) is 3.29. The first-order valence-electron chi connectivity index (χ1n) is 8.95. The minimum atomic E-state index is -0.0166. The van der Waals surface area contributed by atoms with Crippen molar-refractivity contribution < 1.29 is 9.21 Å². The predicted octanol–water partition coefficient (Wildman–Crippen LogP) is 4.07. The lowest BCUT2D eigenvalue weighted by Crippen LogP contribution is -2.31. The number of rotatable bonds is 8. The Morgan fingerprint density at radius 3 is 2.63 bits per heavy atom. The van der Waals surface area contributed by atoms with Crippen LogP contribution in [0.25, 0.3) is 11.6 Å². The third-order valence-electron chi connectivity index (χ3n) is 4.15. The van der Waals surface area contributed by atoms with Gasteiger partial charge in [0.2, 0.25) is 5.91 Å². The number of benzene rings is 1. The number of thioether (sulfide) groups is 1. The molecule has 1 aromatic carbocycles. The molecule has 7 heteroatoms. The van der Waals surface area contributed by atoms with Crippen molar-refractivity contribution in [2.24, 2.45) is 13.0 Å². The maximum Gasteiger partial charge on any atom is 0.230 e. The lowest BCUT2D eigenvalue weighted by Gasteiger charge is -2.21. The molecule has 0 saturated heterocycles. The van der Waals surface area contributed by atoms with E-state index in [1.807, 2.05) is 41.9 Å². The summed E-state index contributed by atoms with van der Waals surface area (Å²) in [6, 6.07) is 13.7. The van der Waals surface area contributed by atoms with Gasteiger partial charge in [-0.2, -0.15) is 0 Å². The summed E-state index contributed by atoms with van der Waals surface area (Å²) < 4.78 is 7.20. The predicted molar refractivity (Wildman–Crippen MR) is 106 cm³/mol. The average molecular weight is 385 g/mol. The highest BCUT2D eigenvalue weighted by Gasteiger charge is 2.18. The molecule has 1 N–H and O–H groups in total. The van der Waals surface area contributed by atoms with Crippen LogP contribution in [0, 0.1) is 5.92 Å². The first-order chi connectivity index (χ1) is 13.0. The van der Waals surface area contributed by atoms with E-state index in [4.69, 9.17) is 4.42 Å². The summed E-state index contributed by atoms with van der Waals surface area (Å²) in [6.07, 6.45) is 2.50. The molecule has 142 valence electrons. The van der Waals surface area contributed by atoms with Crippen LogP contribution in [0.2, 0.25) is 0 Å². The highest BCUT2D eigenvalue weighted by atomic mass is 32.2. The van der Waals surface area contributed by atoms with E-state index in [1.165, 1.54) is 11.8 Å². The Balaban J connectivity index is 1.61. The molecule has 0 spiro atoms. The summed E-state index contributed by atoms with van der Waals surface area (Å²) in [7, 11) is 1.86. The highest BCUT2D eigenvalue weighted by molar-refractivity contribution is 7.99. The van der Waals surface area contributed by atoms with Gasteiger partial charge in [0.05, 0.1) is 18.1 Å². The zero-order chi connectivity index (χ0) is 19.2. The van der Waals surface area contributed by atoms with E-state index < -0.39 is 0 Å². The zero-order valence-corrected chi connectivity index (χ0v) is 16.6. The van der Waals surface area contributed by atoms with Crippen LogP contribution in [0.4, 0.5) is 0 Å². The van der Waals surface area contributed by atoms with Crippen molar-refractivity contribution >= 4 is 17.7 Å². The Bertz CT molecular complexity index is 860. The van der Waals surface area contributed by atoms with Crippen LogP contribution in [0.5, 0.6) is 0 Å². The normalized spacial score (nSPS) is 12.3. The van der Waals surface area contributed by atoms with E-state index in [-0.39, 0.29) is 17.7 Å². The molecule has 6 nitrogen and oxygen atoms in total. The van der Waals surface area contributed by atoms with E-state index in [0.717, 1.165) is 12.0 Å². The van der Waals surface area contributed by atoms with Crippen molar-refractivity contribution in [2.75, 3.05) is 5.75 Å². The number of hydrogen-bond acceptors (Lipinski definition) is 5. The molecule has 2 heterocycles. The van der Waals surface area contributed by atoms with E-state index in [1.54, 1.807) is 6.26 Å². The van der Waals surface area contributed by atoms with Crippen LogP contribution in [0.3, 0.4) is 0 Å². The van der Waals surface area contributed by atoms with Gasteiger partial charge in [-0.05, 0) is 30.0 Å². The molecule has 0 aliphatic carbocycles. The van der Waals surface area contributed by atoms with Gasteiger partial charge in [-0.25, -0.2) is 0 Å². The standard InChI is InChI=1S/C20H24N4O2S/c1-14(2)12-16(15-8-5-4-6-9-15)21-18(25)13-27-20-23-22-19(24(20)3)17-10-7-11-26-17/h4-11,14,16H,12-13H2,1-3H3,(H,21,25)/t16-/m0/s1. The number of carbonyl (C=O) groups is 1. The van der Waals surface area contributed by atoms with Gasteiger partial charge in [0.15, 0.2) is 16.7 Å². The Morgan fingerprint density at radius 1 is 1.19 bits per heavy atom. The Kier molecular flexibility index (Phi) is 6.34. The van der Waals surface area contributed by atoms with E-state index >= 15 is 0 Å². The van der Waals surface area contributed by atoms with Gasteiger partial charge < -0.3 is 14.3 Å². The zero-order valence-electron chi connectivity index (χ0n) is 15.8. The van der Waals surface area contributed by atoms with Crippen molar-refractivity contribution in [2.45, 2.75) is 31.5 Å². The molecule has 3 rings (SSSR count). The van der Waals surface area contributed by atoms with Crippen LogP contribution >= 0.6 is 11.8 Å². The Labute approximate surface area is 163 Å². The molecule has 0 unspecified atom stereocenters. The second kappa shape index (κ2) is 8.90. The summed E-state index contributed by atoms with van der Waals surface area (Å²) in [5.74, 6) is 2.05. The minimum absolute atomic E-state index is 0.0116. The molecule has 0 aliphatic rings. The molecule has 0 saturated carbocycles. The van der Waals surface area contributed by atoms with Crippen LogP contribution in [-0.2, 0) is 11.8 Å². The van der Waals surface area contributed by atoms with E-state index in [0.29, 0.717) is 22.7 Å². The van der Waals surface area contributed by atoms with Gasteiger partial charge in [0, 0.05) is 7.05 Å². The molecule has 0 bridgehead atoms. The molecule has 0 aliphatic heterocycles. The van der Waals surface area contributed by atoms with Crippen molar-refractivity contribution in [3.63, 3.8) is 0 Å². The highest BCUT2D eigenvalue weighted by Crippen LogP contribution is 2.24. The van der Waals surface area contributed by atoms with Gasteiger partial charge in [0.25, 0.3) is 0 Å². The molecule has 0 fully saturated rings. The van der Waals surface area contributed by atoms with Crippen molar-refractivity contribution in [3.05, 3.63) is 54.3 Å². The number of nitrogens with zero attached hydrogens (tertiary/aromatic N) is 3. The topological polar surface area (TPSA) is 73.0 Å². The smallest absolute Gasteiger partial charge is 0.230 e. The number of amides is 1. The monoisotopic (exact) mass is 384 g/mol. The third-order valence-corrected chi connectivity index (χ3v) is 5.17. The van der Waals surface area contributed by atoms with Crippen LogP contribution in [-0.4, -0.2) is 26.4 Å². The largest absolute Gasteiger partial charge is 0.461 e. The van der Waals surface area contributed by atoms with Gasteiger partial charge in [-0.15, -0.1) is 10.2 Å². The molecule has 1 atom stereocenters. The van der Waals surface area contributed by atoms with Gasteiger partial charge >= 0.3 is 0 Å². The Hall–Kier alpha value is -2.54. The number of furan rings is 1. The lowest BCUT2D eigenvalue weighted by molar-refractivity contribution is -0.119. The van der Waals surface area contributed by atoms with Gasteiger partial charge in [-0.1, -0.05) is 55.9 Å². The van der Waals surface area contributed by atoms with E-state index in [2.05, 4.69) is 41.5 Å². The fourth-order valence-electron chi connectivity index (χ4n) is 2.86. The Morgan fingerprint density at radius 2 is 1.96 bits per heavy atom. The maximum atomic E-state index is 12.5. The molecule has 3 aromatic rings. The van der Waals surface area contributed by atoms with Crippen molar-refractivity contribution in [3.8, 4) is 11.6 Å².